The minimum atomic E-state index is -4.70. The van der Waals surface area contributed by atoms with Crippen molar-refractivity contribution in [1.29, 1.82) is 0 Å². The van der Waals surface area contributed by atoms with Crippen molar-refractivity contribution < 1.29 is 37.0 Å². The summed E-state index contributed by atoms with van der Waals surface area (Å²) in [5.74, 6) is -1.84. The van der Waals surface area contributed by atoms with Crippen LogP contribution < -0.4 is 10.6 Å². The molecule has 39 heavy (non-hydrogen) atoms. The molecule has 1 unspecified atom stereocenters. The van der Waals surface area contributed by atoms with Crippen molar-refractivity contribution in [3.63, 3.8) is 0 Å². The number of carbonyl (C=O) groups excluding carboxylic acids is 2. The molecular formula is C28H35F4N3O4. The Morgan fingerprint density at radius 3 is 2.31 bits per heavy atom. The van der Waals surface area contributed by atoms with E-state index in [0.29, 0.717) is 6.07 Å². The third-order valence-electron chi connectivity index (χ3n) is 6.34. The van der Waals surface area contributed by atoms with Gasteiger partial charge in [-0.2, -0.15) is 13.2 Å². The lowest BCUT2D eigenvalue weighted by Gasteiger charge is -2.29. The Balaban J connectivity index is 1.86. The molecular weight excluding hydrogens is 518 g/mol. The van der Waals surface area contributed by atoms with Crippen LogP contribution in [0.3, 0.4) is 0 Å². The van der Waals surface area contributed by atoms with Crippen LogP contribution in [0.5, 0.6) is 0 Å². The van der Waals surface area contributed by atoms with E-state index in [-0.39, 0.29) is 24.4 Å². The number of benzene rings is 2. The van der Waals surface area contributed by atoms with Gasteiger partial charge in [-0.25, -0.2) is 9.18 Å². The van der Waals surface area contributed by atoms with Gasteiger partial charge in [-0.1, -0.05) is 50.2 Å². The Bertz CT molecular complexity index is 1150. The molecule has 2 amide bonds. The van der Waals surface area contributed by atoms with E-state index in [0.717, 1.165) is 17.7 Å². The molecule has 214 valence electrons. The summed E-state index contributed by atoms with van der Waals surface area (Å²) in [7, 11) is 0. The fourth-order valence-electron chi connectivity index (χ4n) is 4.49. The summed E-state index contributed by atoms with van der Waals surface area (Å²) in [6.45, 7) is 8.42. The first-order valence-corrected chi connectivity index (χ1v) is 12.7. The maximum Gasteiger partial charge on any atom is 0.416 e. The van der Waals surface area contributed by atoms with Crippen molar-refractivity contribution in [1.82, 2.24) is 15.5 Å². The minimum Gasteiger partial charge on any atom is -0.444 e. The van der Waals surface area contributed by atoms with Crippen LogP contribution in [0, 0.1) is 11.7 Å². The van der Waals surface area contributed by atoms with Crippen LogP contribution in [0.2, 0.25) is 0 Å². The number of carbonyl (C=O) groups is 2. The molecule has 1 heterocycles. The maximum absolute atomic E-state index is 14.6. The number of alkyl halides is 3. The Labute approximate surface area is 225 Å². The van der Waals surface area contributed by atoms with E-state index in [1.165, 1.54) is 4.90 Å². The Hall–Kier alpha value is -3.18. The molecule has 0 aromatic heterocycles. The van der Waals surface area contributed by atoms with Gasteiger partial charge in [0, 0.05) is 5.56 Å². The van der Waals surface area contributed by atoms with Gasteiger partial charge < -0.3 is 20.1 Å². The first-order chi connectivity index (χ1) is 18.1. The molecule has 0 aliphatic carbocycles. The van der Waals surface area contributed by atoms with Gasteiger partial charge in [-0.15, -0.1) is 0 Å². The second kappa shape index (κ2) is 11.9. The van der Waals surface area contributed by atoms with E-state index in [1.54, 1.807) is 32.9 Å². The predicted molar refractivity (Wildman–Crippen MR) is 137 cm³/mol. The lowest BCUT2D eigenvalue weighted by Crippen LogP contribution is -2.55. The zero-order valence-electron chi connectivity index (χ0n) is 22.6. The number of hydrogen-bond acceptors (Lipinski definition) is 5. The number of amides is 2. The molecule has 3 N–H and O–H groups in total. The van der Waals surface area contributed by atoms with Gasteiger partial charge in [0.05, 0.1) is 30.4 Å². The van der Waals surface area contributed by atoms with Crippen molar-refractivity contribution in [2.75, 3.05) is 0 Å². The molecule has 3 rings (SSSR count). The highest BCUT2D eigenvalue weighted by molar-refractivity contribution is 5.85. The van der Waals surface area contributed by atoms with Gasteiger partial charge in [-0.05, 0) is 50.8 Å². The van der Waals surface area contributed by atoms with Gasteiger partial charge in [-0.3, -0.25) is 10.1 Å². The van der Waals surface area contributed by atoms with E-state index in [9.17, 15) is 32.3 Å². The molecule has 7 nitrogen and oxygen atoms in total. The predicted octanol–water partition coefficient (Wildman–Crippen LogP) is 4.62. The molecule has 2 aromatic carbocycles. The summed E-state index contributed by atoms with van der Waals surface area (Å²) in [6, 6.07) is 9.15. The first-order valence-electron chi connectivity index (χ1n) is 12.7. The lowest BCUT2D eigenvalue weighted by molar-refractivity contribution is -0.138. The Morgan fingerprint density at radius 2 is 1.77 bits per heavy atom. The number of alkyl carbamates (subject to hydrolysis) is 1. The zero-order chi connectivity index (χ0) is 29.1. The summed E-state index contributed by atoms with van der Waals surface area (Å²) in [5.41, 5.74) is -1.21. The largest absolute Gasteiger partial charge is 0.444 e. The number of halogens is 4. The van der Waals surface area contributed by atoms with Crippen LogP contribution in [0.25, 0.3) is 0 Å². The highest BCUT2D eigenvalue weighted by Crippen LogP contribution is 2.31. The molecule has 1 aliphatic rings. The third kappa shape index (κ3) is 7.92. The van der Waals surface area contributed by atoms with Gasteiger partial charge >= 0.3 is 12.3 Å². The molecule has 0 radical (unpaired) electrons. The Morgan fingerprint density at radius 1 is 1.13 bits per heavy atom. The molecule has 4 atom stereocenters. The number of aliphatic hydroxyl groups is 1. The summed E-state index contributed by atoms with van der Waals surface area (Å²) < 4.78 is 58.9. The van der Waals surface area contributed by atoms with E-state index in [4.69, 9.17) is 4.74 Å². The van der Waals surface area contributed by atoms with E-state index in [1.807, 2.05) is 32.0 Å². The van der Waals surface area contributed by atoms with Crippen LogP contribution >= 0.6 is 0 Å². The second-order valence-corrected chi connectivity index (χ2v) is 11.0. The summed E-state index contributed by atoms with van der Waals surface area (Å²) in [5, 5.41) is 17.1. The molecule has 2 aromatic rings. The van der Waals surface area contributed by atoms with Gasteiger partial charge in [0.2, 0.25) is 5.91 Å². The van der Waals surface area contributed by atoms with E-state index < -0.39 is 59.5 Å². The lowest BCUT2D eigenvalue weighted by atomic mass is 9.96. The Kier molecular flexibility index (Phi) is 9.27. The van der Waals surface area contributed by atoms with Gasteiger partial charge in [0.25, 0.3) is 0 Å². The summed E-state index contributed by atoms with van der Waals surface area (Å²) in [4.78, 5) is 27.4. The van der Waals surface area contributed by atoms with Crippen LogP contribution in [0.4, 0.5) is 22.4 Å². The number of rotatable bonds is 8. The fourth-order valence-corrected chi connectivity index (χ4v) is 4.49. The van der Waals surface area contributed by atoms with E-state index in [2.05, 4.69) is 10.6 Å². The number of nitrogens with one attached hydrogen (secondary N) is 2. The van der Waals surface area contributed by atoms with Gasteiger partial charge in [0.1, 0.15) is 17.5 Å². The van der Waals surface area contributed by atoms with Crippen molar-refractivity contribution in [3.8, 4) is 0 Å². The van der Waals surface area contributed by atoms with Crippen LogP contribution in [0.15, 0.2) is 48.5 Å². The molecule has 11 heteroatoms. The van der Waals surface area contributed by atoms with Crippen LogP contribution in [-0.4, -0.2) is 52.0 Å². The standard InChI is InChI=1S/C28H35F4N3O4/c1-16(2)24-34-22(25(37)35(24)15-18-11-12-19(14-20(18)29)28(30,31)32)23(36)21(13-17-9-7-6-8-10-17)33-26(38)39-27(3,4)5/h6-12,14,16,21-24,34,36H,13,15H2,1-5H3,(H,33,38)/t21-,22-,23-,24?/m0/s1. The molecule has 0 saturated carbocycles. The highest BCUT2D eigenvalue weighted by Gasteiger charge is 2.46. The van der Waals surface area contributed by atoms with Crippen molar-refractivity contribution in [2.45, 2.75) is 83.7 Å². The third-order valence-corrected chi connectivity index (χ3v) is 6.34. The minimum absolute atomic E-state index is 0.0911. The average Bonchev–Trinajstić information content (AvgIpc) is 3.14. The molecule has 1 saturated heterocycles. The fraction of sp³-hybridized carbons (Fsp3) is 0.500. The summed E-state index contributed by atoms with van der Waals surface area (Å²) >= 11 is 0. The van der Waals surface area contributed by atoms with Crippen molar-refractivity contribution in [3.05, 3.63) is 71.0 Å². The molecule has 0 spiro atoms. The smallest absolute Gasteiger partial charge is 0.416 e. The number of ether oxygens (including phenoxy) is 1. The monoisotopic (exact) mass is 553 g/mol. The van der Waals surface area contributed by atoms with Gasteiger partial charge in [0.15, 0.2) is 0 Å². The van der Waals surface area contributed by atoms with E-state index >= 15 is 0 Å². The topological polar surface area (TPSA) is 90.9 Å². The molecule has 0 bridgehead atoms. The first kappa shape index (κ1) is 30.4. The zero-order valence-corrected chi connectivity index (χ0v) is 22.6. The molecule has 1 aliphatic heterocycles. The second-order valence-electron chi connectivity index (χ2n) is 11.0. The quantitative estimate of drug-likeness (QED) is 0.415. The molecule has 1 fully saturated rings. The summed E-state index contributed by atoms with van der Waals surface area (Å²) in [6.07, 6.45) is -7.33. The number of aliphatic hydroxyl groups excluding tert-OH is 1. The number of nitrogens with zero attached hydrogens (tertiary/aromatic N) is 1. The maximum atomic E-state index is 14.6. The van der Waals surface area contributed by atoms with Crippen molar-refractivity contribution >= 4 is 12.0 Å². The van der Waals surface area contributed by atoms with Crippen LogP contribution in [0.1, 0.15) is 51.3 Å². The highest BCUT2D eigenvalue weighted by atomic mass is 19.4. The average molecular weight is 554 g/mol. The van der Waals surface area contributed by atoms with Crippen molar-refractivity contribution in [2.24, 2.45) is 5.92 Å². The number of hydrogen-bond donors (Lipinski definition) is 3. The van der Waals surface area contributed by atoms with Crippen LogP contribution in [-0.2, 0) is 28.7 Å². The normalized spacial score (nSPS) is 19.8. The SMILES string of the molecule is CC(C)C1N[C@@H]([C@@H](O)[C@H](Cc2ccccc2)NC(=O)OC(C)(C)C)C(=O)N1Cc1ccc(C(F)(F)F)cc1F.